The van der Waals surface area contributed by atoms with Crippen molar-refractivity contribution in [1.29, 1.82) is 0 Å². The Bertz CT molecular complexity index is 610. The van der Waals surface area contributed by atoms with E-state index < -0.39 is 0 Å². The minimum Gasteiger partial charge on any atom is -0.373 e. The van der Waals surface area contributed by atoms with E-state index in [1.165, 1.54) is 5.56 Å². The van der Waals surface area contributed by atoms with Crippen molar-refractivity contribution in [2.75, 3.05) is 24.3 Å². The number of aryl methyl sites for hydroxylation is 1. The quantitative estimate of drug-likeness (QED) is 0.915. The Labute approximate surface area is 131 Å². The van der Waals surface area contributed by atoms with Crippen LogP contribution in [0.15, 0.2) is 24.3 Å². The van der Waals surface area contributed by atoms with E-state index in [4.69, 9.17) is 11.6 Å². The molecule has 0 bridgehead atoms. The van der Waals surface area contributed by atoms with Gasteiger partial charge in [0.15, 0.2) is 0 Å². The average molecular weight is 305 g/mol. The Morgan fingerprint density at radius 3 is 2.43 bits per heavy atom. The van der Waals surface area contributed by atoms with Crippen molar-refractivity contribution >= 4 is 23.2 Å². The van der Waals surface area contributed by atoms with Gasteiger partial charge in [-0.25, -0.2) is 9.97 Å². The third kappa shape index (κ3) is 3.64. The van der Waals surface area contributed by atoms with Crippen LogP contribution in [0.5, 0.6) is 0 Å². The zero-order valence-corrected chi connectivity index (χ0v) is 13.7. The monoisotopic (exact) mass is 304 g/mol. The van der Waals surface area contributed by atoms with Crippen molar-refractivity contribution in [1.82, 2.24) is 9.97 Å². The van der Waals surface area contributed by atoms with E-state index in [9.17, 15) is 0 Å². The lowest BCUT2D eigenvalue weighted by molar-refractivity contribution is 0.851. The van der Waals surface area contributed by atoms with Gasteiger partial charge in [0.1, 0.15) is 17.5 Å². The number of benzene rings is 1. The second kappa shape index (κ2) is 6.76. The number of nitrogens with zero attached hydrogens (tertiary/aromatic N) is 3. The number of anilines is 2. The maximum Gasteiger partial charge on any atom is 0.137 e. The fraction of sp³-hybridized carbons (Fsp3) is 0.375. The van der Waals surface area contributed by atoms with Gasteiger partial charge >= 0.3 is 0 Å². The Kier molecular flexibility index (Phi) is 5.02. The van der Waals surface area contributed by atoms with E-state index >= 15 is 0 Å². The molecule has 21 heavy (non-hydrogen) atoms. The maximum atomic E-state index is 5.93. The predicted octanol–water partition coefficient (Wildman–Crippen LogP) is 3.68. The third-order valence-corrected chi connectivity index (χ3v) is 3.67. The molecular formula is C16H21ClN4. The van der Waals surface area contributed by atoms with Crippen LogP contribution in [0, 0.1) is 6.92 Å². The molecule has 2 rings (SSSR count). The number of hydrogen-bond acceptors (Lipinski definition) is 4. The van der Waals surface area contributed by atoms with Gasteiger partial charge in [-0.15, -0.1) is 0 Å². The van der Waals surface area contributed by atoms with Crippen molar-refractivity contribution in [2.45, 2.75) is 26.8 Å². The summed E-state index contributed by atoms with van der Waals surface area (Å²) >= 11 is 5.93. The van der Waals surface area contributed by atoms with Crippen molar-refractivity contribution in [3.63, 3.8) is 0 Å². The number of aromatic nitrogens is 2. The lowest BCUT2D eigenvalue weighted by Gasteiger charge is -2.22. The minimum atomic E-state index is 0.755. The zero-order valence-electron chi connectivity index (χ0n) is 12.9. The summed E-state index contributed by atoms with van der Waals surface area (Å²) in [6.45, 7) is 4.88. The van der Waals surface area contributed by atoms with Crippen LogP contribution in [0.2, 0.25) is 5.02 Å². The molecule has 2 aromatic rings. The van der Waals surface area contributed by atoms with Crippen LogP contribution < -0.4 is 10.2 Å². The number of halogens is 1. The lowest BCUT2D eigenvalue weighted by atomic mass is 10.2. The van der Waals surface area contributed by atoms with Gasteiger partial charge in [0.25, 0.3) is 0 Å². The van der Waals surface area contributed by atoms with E-state index in [2.05, 4.69) is 27.1 Å². The first kappa shape index (κ1) is 15.6. The predicted molar refractivity (Wildman–Crippen MR) is 89.3 cm³/mol. The van der Waals surface area contributed by atoms with E-state index in [1.807, 2.05) is 45.3 Å². The van der Waals surface area contributed by atoms with Gasteiger partial charge < -0.3 is 10.2 Å². The molecule has 1 N–H and O–H groups in total. The second-order valence-electron chi connectivity index (χ2n) is 5.02. The van der Waals surface area contributed by atoms with E-state index in [1.54, 1.807) is 0 Å². The summed E-state index contributed by atoms with van der Waals surface area (Å²) in [5.74, 6) is 2.70. The van der Waals surface area contributed by atoms with Gasteiger partial charge in [-0.2, -0.15) is 0 Å². The van der Waals surface area contributed by atoms with Crippen molar-refractivity contribution in [3.05, 3.63) is 46.2 Å². The molecule has 5 heteroatoms. The van der Waals surface area contributed by atoms with Crippen LogP contribution in [-0.2, 0) is 13.0 Å². The molecule has 0 fully saturated rings. The largest absolute Gasteiger partial charge is 0.373 e. The summed E-state index contributed by atoms with van der Waals surface area (Å²) < 4.78 is 0. The zero-order chi connectivity index (χ0) is 15.4. The van der Waals surface area contributed by atoms with Gasteiger partial charge in [0.05, 0.1) is 0 Å². The standard InChI is InChI=1S/C16H21ClN4/c1-5-14-19-15(18-3)11(2)16(20-14)21(4)10-12-6-8-13(17)9-7-12/h6-9H,5,10H2,1-4H3,(H,18,19,20). The molecule has 0 aliphatic rings. The highest BCUT2D eigenvalue weighted by Gasteiger charge is 2.13. The summed E-state index contributed by atoms with van der Waals surface area (Å²) in [6, 6.07) is 7.90. The van der Waals surface area contributed by atoms with E-state index in [0.29, 0.717) is 0 Å². The number of hydrogen-bond donors (Lipinski definition) is 1. The minimum absolute atomic E-state index is 0.755. The Hall–Kier alpha value is -1.81. The first-order valence-electron chi connectivity index (χ1n) is 7.06. The number of nitrogens with one attached hydrogen (secondary N) is 1. The van der Waals surface area contributed by atoms with Crippen LogP contribution in [0.25, 0.3) is 0 Å². The summed E-state index contributed by atoms with van der Waals surface area (Å²) in [7, 11) is 3.93. The molecule has 0 radical (unpaired) electrons. The van der Waals surface area contributed by atoms with Gasteiger partial charge in [-0.1, -0.05) is 30.7 Å². The topological polar surface area (TPSA) is 41.1 Å². The van der Waals surface area contributed by atoms with Crippen LogP contribution in [-0.4, -0.2) is 24.1 Å². The smallest absolute Gasteiger partial charge is 0.137 e. The molecule has 4 nitrogen and oxygen atoms in total. The fourth-order valence-corrected chi connectivity index (χ4v) is 2.39. The van der Waals surface area contributed by atoms with E-state index in [0.717, 1.165) is 41.0 Å². The molecule has 1 heterocycles. The molecule has 0 spiro atoms. The molecule has 0 atom stereocenters. The molecule has 0 unspecified atom stereocenters. The normalized spacial score (nSPS) is 10.5. The number of rotatable bonds is 5. The van der Waals surface area contributed by atoms with Gasteiger partial charge in [-0.05, 0) is 24.6 Å². The molecule has 0 saturated carbocycles. The molecule has 112 valence electrons. The fourth-order valence-electron chi connectivity index (χ4n) is 2.26. The molecule has 1 aromatic heterocycles. The van der Waals surface area contributed by atoms with E-state index in [-0.39, 0.29) is 0 Å². The first-order chi connectivity index (χ1) is 10.0. The highest BCUT2D eigenvalue weighted by molar-refractivity contribution is 6.30. The van der Waals surface area contributed by atoms with Crippen molar-refractivity contribution < 1.29 is 0 Å². The maximum absolute atomic E-state index is 5.93. The Balaban J connectivity index is 2.29. The average Bonchev–Trinajstić information content (AvgIpc) is 2.49. The van der Waals surface area contributed by atoms with Gasteiger partial charge in [0, 0.05) is 37.6 Å². The van der Waals surface area contributed by atoms with Crippen LogP contribution in [0.3, 0.4) is 0 Å². The molecule has 0 aliphatic heterocycles. The highest BCUT2D eigenvalue weighted by atomic mass is 35.5. The lowest BCUT2D eigenvalue weighted by Crippen LogP contribution is -2.20. The molecule has 0 aliphatic carbocycles. The molecule has 0 amide bonds. The summed E-state index contributed by atoms with van der Waals surface area (Å²) in [5.41, 5.74) is 2.26. The Morgan fingerprint density at radius 2 is 1.86 bits per heavy atom. The van der Waals surface area contributed by atoms with Gasteiger partial charge in [0.2, 0.25) is 0 Å². The van der Waals surface area contributed by atoms with Crippen molar-refractivity contribution in [3.8, 4) is 0 Å². The first-order valence-corrected chi connectivity index (χ1v) is 7.43. The highest BCUT2D eigenvalue weighted by Crippen LogP contribution is 2.24. The Morgan fingerprint density at radius 1 is 1.19 bits per heavy atom. The van der Waals surface area contributed by atoms with Gasteiger partial charge in [-0.3, -0.25) is 0 Å². The van der Waals surface area contributed by atoms with Crippen molar-refractivity contribution in [2.24, 2.45) is 0 Å². The van der Waals surface area contributed by atoms with Crippen LogP contribution in [0.4, 0.5) is 11.6 Å². The van der Waals surface area contributed by atoms with Crippen LogP contribution >= 0.6 is 11.6 Å². The van der Waals surface area contributed by atoms with Crippen LogP contribution in [0.1, 0.15) is 23.9 Å². The third-order valence-electron chi connectivity index (χ3n) is 3.41. The molecular weight excluding hydrogens is 284 g/mol. The summed E-state index contributed by atoms with van der Waals surface area (Å²) in [6.07, 6.45) is 0.816. The molecule has 0 saturated heterocycles. The SMILES string of the molecule is CCc1nc(NC)c(C)c(N(C)Cc2ccc(Cl)cc2)n1. The molecule has 1 aromatic carbocycles. The second-order valence-corrected chi connectivity index (χ2v) is 5.46. The summed E-state index contributed by atoms with van der Waals surface area (Å²) in [4.78, 5) is 11.3. The summed E-state index contributed by atoms with van der Waals surface area (Å²) in [5, 5.41) is 3.90.